The van der Waals surface area contributed by atoms with E-state index in [1.165, 1.54) is 6.42 Å². The first-order valence-corrected chi connectivity index (χ1v) is 10.5. The summed E-state index contributed by atoms with van der Waals surface area (Å²) in [7, 11) is 0. The van der Waals surface area contributed by atoms with Crippen molar-refractivity contribution in [3.63, 3.8) is 0 Å². The highest BCUT2D eigenvalue weighted by atomic mass is 19.1. The number of hydrogen-bond donors (Lipinski definition) is 2. The summed E-state index contributed by atoms with van der Waals surface area (Å²) in [6, 6.07) is 6.36. The molecular formula is C22H28FN3O3. The van der Waals surface area contributed by atoms with Gasteiger partial charge in [0.05, 0.1) is 17.7 Å². The highest BCUT2D eigenvalue weighted by Crippen LogP contribution is 2.46. The molecule has 0 radical (unpaired) electrons. The van der Waals surface area contributed by atoms with E-state index in [1.807, 2.05) is 11.8 Å². The molecule has 3 atom stereocenters. The van der Waals surface area contributed by atoms with Crippen LogP contribution in [0, 0.1) is 17.7 Å². The molecule has 2 fully saturated rings. The van der Waals surface area contributed by atoms with Crippen LogP contribution >= 0.6 is 0 Å². The molecule has 3 N–H and O–H groups in total. The van der Waals surface area contributed by atoms with Crippen LogP contribution in [0.1, 0.15) is 62.1 Å². The molecule has 1 aliphatic carbocycles. The van der Waals surface area contributed by atoms with Gasteiger partial charge < -0.3 is 15.4 Å². The molecule has 6 nitrogen and oxygen atoms in total. The molecule has 1 unspecified atom stereocenters. The number of rotatable bonds is 5. The molecule has 156 valence electrons. The largest absolute Gasteiger partial charge is 0.476 e. The van der Waals surface area contributed by atoms with E-state index in [4.69, 9.17) is 5.73 Å². The van der Waals surface area contributed by atoms with Crippen LogP contribution in [0.4, 0.5) is 4.39 Å². The van der Waals surface area contributed by atoms with Gasteiger partial charge in [-0.15, -0.1) is 0 Å². The Labute approximate surface area is 169 Å². The smallest absolute Gasteiger partial charge is 0.355 e. The third-order valence-corrected chi connectivity index (χ3v) is 6.89. The molecule has 2 aromatic rings. The van der Waals surface area contributed by atoms with Crippen LogP contribution in [0.15, 0.2) is 24.3 Å². The number of fused-ring (bicyclic) bond motifs is 1. The fourth-order valence-corrected chi connectivity index (χ4v) is 5.72. The fraction of sp³-hybridized carbons (Fsp3) is 0.545. The number of aromatic nitrogens is 1. The molecule has 0 spiro atoms. The number of likely N-dealkylation sites (tertiary alicyclic amines) is 1. The van der Waals surface area contributed by atoms with Gasteiger partial charge >= 0.3 is 5.97 Å². The lowest BCUT2D eigenvalue weighted by Gasteiger charge is -2.33. The summed E-state index contributed by atoms with van der Waals surface area (Å²) in [6.45, 7) is 2.48. The molecule has 1 saturated heterocycles. The normalized spacial score (nSPS) is 26.2. The Morgan fingerprint density at radius 3 is 2.52 bits per heavy atom. The van der Waals surface area contributed by atoms with Gasteiger partial charge in [-0.1, -0.05) is 51.2 Å². The van der Waals surface area contributed by atoms with Gasteiger partial charge in [-0.2, -0.15) is 0 Å². The zero-order chi connectivity index (χ0) is 20.7. The van der Waals surface area contributed by atoms with Gasteiger partial charge in [0.25, 0.3) is 0 Å². The van der Waals surface area contributed by atoms with Crippen LogP contribution in [0.3, 0.4) is 0 Å². The average molecular weight is 401 g/mol. The number of likely N-dealkylation sites (N-methyl/N-ethyl adjacent to an activating group) is 1. The number of carbonyl (C=O) groups excluding carboxylic acids is 1. The SMILES string of the molecule is CCN1C(n2c(C(=O)O)c(F)c3ccccc32)C[C@@H](C2CCCCC2)[C@H]1C(N)=O. The second-order valence-electron chi connectivity index (χ2n) is 8.31. The Hall–Kier alpha value is -2.41. The predicted octanol–water partition coefficient (Wildman–Crippen LogP) is 3.75. The van der Waals surface area contributed by atoms with Crippen molar-refractivity contribution < 1.29 is 19.1 Å². The second-order valence-corrected chi connectivity index (χ2v) is 8.31. The van der Waals surface area contributed by atoms with Crippen LogP contribution in [0.25, 0.3) is 10.9 Å². The lowest BCUT2D eigenvalue weighted by atomic mass is 9.76. The van der Waals surface area contributed by atoms with Crippen molar-refractivity contribution in [2.75, 3.05) is 6.54 Å². The maximum Gasteiger partial charge on any atom is 0.355 e. The lowest BCUT2D eigenvalue weighted by molar-refractivity contribution is -0.124. The van der Waals surface area contributed by atoms with Crippen LogP contribution in [-0.4, -0.2) is 39.0 Å². The van der Waals surface area contributed by atoms with Gasteiger partial charge in [-0.3, -0.25) is 9.69 Å². The molecular weight excluding hydrogens is 373 g/mol. The molecule has 1 aromatic carbocycles. The Kier molecular flexibility index (Phi) is 5.34. The molecule has 1 saturated carbocycles. The van der Waals surface area contributed by atoms with Crippen LogP contribution in [-0.2, 0) is 4.79 Å². The highest BCUT2D eigenvalue weighted by Gasteiger charge is 2.48. The van der Waals surface area contributed by atoms with Crippen molar-refractivity contribution in [2.45, 2.75) is 57.7 Å². The van der Waals surface area contributed by atoms with E-state index in [9.17, 15) is 14.7 Å². The van der Waals surface area contributed by atoms with E-state index < -0.39 is 24.0 Å². The number of carboxylic acid groups (broad SMARTS) is 1. The maximum absolute atomic E-state index is 15.0. The first-order chi connectivity index (χ1) is 14.0. The maximum atomic E-state index is 15.0. The Morgan fingerprint density at radius 1 is 1.21 bits per heavy atom. The average Bonchev–Trinajstić information content (AvgIpc) is 3.24. The van der Waals surface area contributed by atoms with Crippen molar-refractivity contribution in [3.8, 4) is 0 Å². The number of halogens is 1. The van der Waals surface area contributed by atoms with Gasteiger partial charge in [0.15, 0.2) is 11.5 Å². The fourth-order valence-electron chi connectivity index (χ4n) is 5.72. The molecule has 0 bridgehead atoms. The number of carbonyl (C=O) groups is 2. The molecule has 2 heterocycles. The Morgan fingerprint density at radius 2 is 1.90 bits per heavy atom. The standard InChI is InChI=1S/C22H28FN3O3/c1-2-25-17(12-15(19(25)21(24)27)13-8-4-3-5-9-13)26-16-11-7-6-10-14(16)18(23)20(26)22(28)29/h6-7,10-11,13,15,17,19H,2-5,8-9,12H2,1H3,(H2,24,27)(H,28,29)/t15-,17?,19-/m0/s1. The van der Waals surface area contributed by atoms with Crippen molar-refractivity contribution in [3.05, 3.63) is 35.8 Å². The van der Waals surface area contributed by atoms with E-state index in [-0.39, 0.29) is 22.9 Å². The van der Waals surface area contributed by atoms with E-state index in [0.717, 1.165) is 25.7 Å². The number of hydrogen-bond acceptors (Lipinski definition) is 3. The zero-order valence-corrected chi connectivity index (χ0v) is 16.7. The van der Waals surface area contributed by atoms with Gasteiger partial charge in [0.1, 0.15) is 0 Å². The number of para-hydroxylation sites is 1. The van der Waals surface area contributed by atoms with E-state index in [1.54, 1.807) is 28.8 Å². The van der Waals surface area contributed by atoms with Crippen LogP contribution in [0.5, 0.6) is 0 Å². The molecule has 29 heavy (non-hydrogen) atoms. The summed E-state index contributed by atoms with van der Waals surface area (Å²) >= 11 is 0. The summed E-state index contributed by atoms with van der Waals surface area (Å²) in [6.07, 6.45) is 5.81. The summed E-state index contributed by atoms with van der Waals surface area (Å²) in [4.78, 5) is 26.4. The topological polar surface area (TPSA) is 88.6 Å². The van der Waals surface area contributed by atoms with Crippen molar-refractivity contribution >= 4 is 22.8 Å². The monoisotopic (exact) mass is 401 g/mol. The molecule has 2 aliphatic rings. The van der Waals surface area contributed by atoms with Crippen molar-refractivity contribution in [1.29, 1.82) is 0 Å². The van der Waals surface area contributed by atoms with Crippen molar-refractivity contribution in [1.82, 2.24) is 9.47 Å². The third kappa shape index (κ3) is 3.21. The Bertz CT molecular complexity index is 935. The molecule has 1 aromatic heterocycles. The zero-order valence-electron chi connectivity index (χ0n) is 16.7. The predicted molar refractivity (Wildman–Crippen MR) is 108 cm³/mol. The highest BCUT2D eigenvalue weighted by molar-refractivity contribution is 5.95. The summed E-state index contributed by atoms with van der Waals surface area (Å²) in [5.74, 6) is -1.95. The first kappa shape index (κ1) is 19.9. The minimum atomic E-state index is -1.30. The molecule has 1 aliphatic heterocycles. The van der Waals surface area contributed by atoms with E-state index in [2.05, 4.69) is 0 Å². The number of nitrogens with two attached hydrogens (primary N) is 1. The summed E-state index contributed by atoms with van der Waals surface area (Å²) in [5.41, 5.74) is 6.03. The molecule has 7 heteroatoms. The molecule has 4 rings (SSSR count). The molecule has 1 amide bonds. The minimum absolute atomic E-state index is 0.0589. The number of amides is 1. The van der Waals surface area contributed by atoms with E-state index >= 15 is 4.39 Å². The number of primary amides is 1. The summed E-state index contributed by atoms with van der Waals surface area (Å²) in [5, 5.41) is 10.1. The summed E-state index contributed by atoms with van der Waals surface area (Å²) < 4.78 is 16.6. The van der Waals surface area contributed by atoms with Crippen LogP contribution in [0.2, 0.25) is 0 Å². The van der Waals surface area contributed by atoms with Gasteiger partial charge in [-0.05, 0) is 36.9 Å². The van der Waals surface area contributed by atoms with Crippen molar-refractivity contribution in [2.24, 2.45) is 17.6 Å². The van der Waals surface area contributed by atoms with Gasteiger partial charge in [0, 0.05) is 5.39 Å². The van der Waals surface area contributed by atoms with E-state index in [0.29, 0.717) is 24.4 Å². The van der Waals surface area contributed by atoms with Gasteiger partial charge in [0.2, 0.25) is 5.91 Å². The second kappa shape index (κ2) is 7.78. The number of carboxylic acids is 1. The quantitative estimate of drug-likeness (QED) is 0.799. The minimum Gasteiger partial charge on any atom is -0.476 e. The van der Waals surface area contributed by atoms with Crippen LogP contribution < -0.4 is 5.73 Å². The van der Waals surface area contributed by atoms with Gasteiger partial charge in [-0.25, -0.2) is 9.18 Å². The number of nitrogens with zero attached hydrogens (tertiary/aromatic N) is 2. The lowest BCUT2D eigenvalue weighted by Crippen LogP contribution is -2.46. The number of benzene rings is 1. The third-order valence-electron chi connectivity index (χ3n) is 6.89. The first-order valence-electron chi connectivity index (χ1n) is 10.5. The number of aromatic carboxylic acids is 1. The Balaban J connectivity index is 1.85.